The number of carbonyl (C=O) groups excluding carboxylic acids is 1. The van der Waals surface area contributed by atoms with Crippen LogP contribution in [0.2, 0.25) is 0 Å². The van der Waals surface area contributed by atoms with Gasteiger partial charge < -0.3 is 5.11 Å². The molecule has 0 radical (unpaired) electrons. The second kappa shape index (κ2) is 9.06. The fourth-order valence-electron chi connectivity index (χ4n) is 3.28. The highest BCUT2D eigenvalue weighted by molar-refractivity contribution is 5.96. The molecule has 1 aromatic carbocycles. The maximum Gasteiger partial charge on any atom is 0.164 e. The van der Waals surface area contributed by atoms with Crippen LogP contribution < -0.4 is 0 Å². The molecule has 0 bridgehead atoms. The third-order valence-electron chi connectivity index (χ3n) is 4.63. The van der Waals surface area contributed by atoms with Crippen LogP contribution in [0.5, 0.6) is 0 Å². The molecule has 0 saturated carbocycles. The van der Waals surface area contributed by atoms with E-state index in [-0.39, 0.29) is 17.9 Å². The smallest absolute Gasteiger partial charge is 0.164 e. The van der Waals surface area contributed by atoms with Gasteiger partial charge in [-0.05, 0) is 25.8 Å². The van der Waals surface area contributed by atoms with Crippen LogP contribution in [0.3, 0.4) is 0 Å². The molecule has 2 rings (SSSR count). The van der Waals surface area contributed by atoms with Gasteiger partial charge in [-0.25, -0.2) is 0 Å². The van der Waals surface area contributed by atoms with Crippen molar-refractivity contribution >= 4 is 5.78 Å². The number of aliphatic hydroxyl groups excluding tert-OH is 1. The number of piperidine rings is 1. The fraction of sp³-hybridized carbons (Fsp3) is 0.632. The van der Waals surface area contributed by atoms with Gasteiger partial charge in [-0.15, -0.1) is 0 Å². The van der Waals surface area contributed by atoms with Crippen molar-refractivity contribution in [1.29, 1.82) is 0 Å². The van der Waals surface area contributed by atoms with Crippen LogP contribution in [-0.2, 0) is 0 Å². The minimum Gasteiger partial charge on any atom is -0.393 e. The van der Waals surface area contributed by atoms with E-state index < -0.39 is 0 Å². The predicted molar refractivity (Wildman–Crippen MR) is 90.1 cm³/mol. The van der Waals surface area contributed by atoms with Gasteiger partial charge in [0.2, 0.25) is 0 Å². The first-order valence-electron chi connectivity index (χ1n) is 8.71. The van der Waals surface area contributed by atoms with Crippen LogP contribution in [0, 0.1) is 0 Å². The van der Waals surface area contributed by atoms with Gasteiger partial charge >= 0.3 is 0 Å². The van der Waals surface area contributed by atoms with Crippen LogP contribution in [0.4, 0.5) is 0 Å². The Morgan fingerprint density at radius 2 is 2.00 bits per heavy atom. The molecule has 1 aliphatic rings. The largest absolute Gasteiger partial charge is 0.393 e. The second-order valence-corrected chi connectivity index (χ2v) is 6.42. The monoisotopic (exact) mass is 303 g/mol. The van der Waals surface area contributed by atoms with Gasteiger partial charge in [0.05, 0.1) is 6.10 Å². The molecule has 2 atom stereocenters. The van der Waals surface area contributed by atoms with Crippen molar-refractivity contribution in [3.05, 3.63) is 35.9 Å². The van der Waals surface area contributed by atoms with E-state index in [4.69, 9.17) is 0 Å². The van der Waals surface area contributed by atoms with Crippen LogP contribution in [0.15, 0.2) is 30.3 Å². The highest BCUT2D eigenvalue weighted by Crippen LogP contribution is 2.22. The molecule has 1 aliphatic heterocycles. The molecule has 3 heteroatoms. The summed E-state index contributed by atoms with van der Waals surface area (Å²) in [5.41, 5.74) is 0.786. The summed E-state index contributed by atoms with van der Waals surface area (Å²) in [6.07, 6.45) is 6.82. The van der Waals surface area contributed by atoms with Gasteiger partial charge in [0.25, 0.3) is 0 Å². The van der Waals surface area contributed by atoms with E-state index in [0.29, 0.717) is 6.42 Å². The molecule has 0 amide bonds. The Bertz CT molecular complexity index is 446. The first kappa shape index (κ1) is 17.2. The maximum atomic E-state index is 12.4. The van der Waals surface area contributed by atoms with E-state index >= 15 is 0 Å². The lowest BCUT2D eigenvalue weighted by atomic mass is 9.93. The standard InChI is InChI=1S/C19H29NO2/c1-2-3-4-8-12-20-13-11-18(21)14-17(20)15-19(22)16-9-6-5-7-10-16/h5-7,9-10,17-18,21H,2-4,8,11-15H2,1H3. The number of Topliss-reactive ketones (excluding diaryl/α,β-unsaturated/α-hetero) is 1. The minimum atomic E-state index is -0.250. The van der Waals surface area contributed by atoms with Gasteiger partial charge in [-0.1, -0.05) is 56.5 Å². The first-order valence-corrected chi connectivity index (χ1v) is 8.71. The van der Waals surface area contributed by atoms with Crippen molar-refractivity contribution in [2.24, 2.45) is 0 Å². The van der Waals surface area contributed by atoms with Crippen molar-refractivity contribution in [2.75, 3.05) is 13.1 Å². The highest BCUT2D eigenvalue weighted by atomic mass is 16.3. The molecule has 122 valence electrons. The summed E-state index contributed by atoms with van der Waals surface area (Å²) in [7, 11) is 0. The molecule has 1 aromatic rings. The first-order chi connectivity index (χ1) is 10.7. The molecule has 3 nitrogen and oxygen atoms in total. The summed E-state index contributed by atoms with van der Waals surface area (Å²) in [4.78, 5) is 14.9. The Morgan fingerprint density at radius 3 is 2.73 bits per heavy atom. The number of hydrogen-bond acceptors (Lipinski definition) is 3. The Labute approximate surface area is 134 Å². The average Bonchev–Trinajstić information content (AvgIpc) is 2.54. The van der Waals surface area contributed by atoms with Crippen molar-refractivity contribution < 1.29 is 9.90 Å². The molecule has 1 saturated heterocycles. The number of benzene rings is 1. The number of nitrogens with zero attached hydrogens (tertiary/aromatic N) is 1. The number of carbonyl (C=O) groups is 1. The maximum absolute atomic E-state index is 12.4. The number of aliphatic hydroxyl groups is 1. The fourth-order valence-corrected chi connectivity index (χ4v) is 3.28. The number of rotatable bonds is 8. The van der Waals surface area contributed by atoms with Crippen LogP contribution in [0.1, 0.15) is 62.2 Å². The normalized spacial score (nSPS) is 22.6. The topological polar surface area (TPSA) is 40.5 Å². The summed E-state index contributed by atoms with van der Waals surface area (Å²) in [6.45, 7) is 4.19. The predicted octanol–water partition coefficient (Wildman–Crippen LogP) is 3.67. The molecule has 1 heterocycles. The zero-order valence-corrected chi connectivity index (χ0v) is 13.7. The van der Waals surface area contributed by atoms with E-state index in [9.17, 15) is 9.90 Å². The molecule has 22 heavy (non-hydrogen) atoms. The SMILES string of the molecule is CCCCCCN1CCC(O)CC1CC(=O)c1ccccc1. The third kappa shape index (κ3) is 5.22. The van der Waals surface area contributed by atoms with Gasteiger partial charge in [0, 0.05) is 24.6 Å². The number of ketones is 1. The van der Waals surface area contributed by atoms with Crippen LogP contribution in [-0.4, -0.2) is 41.0 Å². The van der Waals surface area contributed by atoms with E-state index in [1.54, 1.807) is 0 Å². The van der Waals surface area contributed by atoms with Crippen molar-refractivity contribution in [3.8, 4) is 0 Å². The lowest BCUT2D eigenvalue weighted by molar-refractivity contribution is 0.0365. The lowest BCUT2D eigenvalue weighted by Crippen LogP contribution is -2.45. The molecule has 0 aliphatic carbocycles. The number of hydrogen-bond donors (Lipinski definition) is 1. The zero-order valence-electron chi connectivity index (χ0n) is 13.7. The van der Waals surface area contributed by atoms with Gasteiger partial charge in [0.1, 0.15) is 0 Å². The molecule has 2 unspecified atom stereocenters. The quantitative estimate of drug-likeness (QED) is 0.588. The van der Waals surface area contributed by atoms with E-state index in [1.165, 1.54) is 25.7 Å². The van der Waals surface area contributed by atoms with Crippen LogP contribution >= 0.6 is 0 Å². The zero-order chi connectivity index (χ0) is 15.8. The summed E-state index contributed by atoms with van der Waals surface area (Å²) in [5.74, 6) is 0.193. The lowest BCUT2D eigenvalue weighted by Gasteiger charge is -2.37. The van der Waals surface area contributed by atoms with Gasteiger partial charge in [-0.3, -0.25) is 9.69 Å². The van der Waals surface area contributed by atoms with E-state index in [1.807, 2.05) is 30.3 Å². The minimum absolute atomic E-state index is 0.193. The van der Waals surface area contributed by atoms with Crippen molar-refractivity contribution in [3.63, 3.8) is 0 Å². The molecule has 0 aromatic heterocycles. The van der Waals surface area contributed by atoms with Gasteiger partial charge in [-0.2, -0.15) is 0 Å². The number of unbranched alkanes of at least 4 members (excludes halogenated alkanes) is 3. The summed E-state index contributed by atoms with van der Waals surface area (Å²) < 4.78 is 0. The summed E-state index contributed by atoms with van der Waals surface area (Å²) >= 11 is 0. The summed E-state index contributed by atoms with van der Waals surface area (Å²) in [5, 5.41) is 9.95. The molecular weight excluding hydrogens is 274 g/mol. The summed E-state index contributed by atoms with van der Waals surface area (Å²) in [6, 6.07) is 9.71. The molecular formula is C19H29NO2. The Kier molecular flexibility index (Phi) is 7.07. The van der Waals surface area contributed by atoms with Crippen molar-refractivity contribution in [2.45, 2.75) is 64.0 Å². The Morgan fingerprint density at radius 1 is 1.23 bits per heavy atom. The Hall–Kier alpha value is -1.19. The second-order valence-electron chi connectivity index (χ2n) is 6.42. The van der Waals surface area contributed by atoms with Crippen molar-refractivity contribution in [1.82, 2.24) is 4.90 Å². The molecule has 1 fully saturated rings. The molecule has 0 spiro atoms. The Balaban J connectivity index is 1.90. The van der Waals surface area contributed by atoms with E-state index in [0.717, 1.165) is 31.5 Å². The van der Waals surface area contributed by atoms with Crippen LogP contribution in [0.25, 0.3) is 0 Å². The molecule has 1 N–H and O–H groups in total. The highest BCUT2D eigenvalue weighted by Gasteiger charge is 2.28. The van der Waals surface area contributed by atoms with Gasteiger partial charge in [0.15, 0.2) is 5.78 Å². The van der Waals surface area contributed by atoms with E-state index in [2.05, 4.69) is 11.8 Å². The third-order valence-corrected chi connectivity index (χ3v) is 4.63. The number of likely N-dealkylation sites (tertiary alicyclic amines) is 1. The average molecular weight is 303 g/mol.